The van der Waals surface area contributed by atoms with Crippen LogP contribution in [0.2, 0.25) is 0 Å². The quantitative estimate of drug-likeness (QED) is 0.607. The molecule has 0 radical (unpaired) electrons. The summed E-state index contributed by atoms with van der Waals surface area (Å²) >= 11 is 0. The van der Waals surface area contributed by atoms with Crippen LogP contribution in [0.5, 0.6) is 0 Å². The second-order valence-electron chi connectivity index (χ2n) is 5.96. The summed E-state index contributed by atoms with van der Waals surface area (Å²) in [6.45, 7) is 5.18. The van der Waals surface area contributed by atoms with E-state index in [9.17, 15) is 4.79 Å². The maximum atomic E-state index is 12.4. The Kier molecular flexibility index (Phi) is 5.41. The summed E-state index contributed by atoms with van der Waals surface area (Å²) in [5.74, 6) is 0.309. The highest BCUT2D eigenvalue weighted by atomic mass is 16.5. The van der Waals surface area contributed by atoms with Gasteiger partial charge in [-0.1, -0.05) is 6.92 Å². The SMILES string of the molecule is CCNC(CN(CCOC)C1CC1)(C(=O)OC)C1CC1. The Bertz CT molecular complexity index is 329. The fourth-order valence-electron chi connectivity index (χ4n) is 3.07. The third-order valence-electron chi connectivity index (χ3n) is 4.41. The second-order valence-corrected chi connectivity index (χ2v) is 5.96. The maximum absolute atomic E-state index is 12.4. The molecule has 5 nitrogen and oxygen atoms in total. The van der Waals surface area contributed by atoms with Gasteiger partial charge in [-0.3, -0.25) is 4.90 Å². The lowest BCUT2D eigenvalue weighted by Gasteiger charge is -2.37. The van der Waals surface area contributed by atoms with Gasteiger partial charge in [0.1, 0.15) is 5.54 Å². The average Bonchev–Trinajstić information content (AvgIpc) is 3.31. The topological polar surface area (TPSA) is 50.8 Å². The molecule has 0 bridgehead atoms. The van der Waals surface area contributed by atoms with Crippen molar-refractivity contribution in [3.8, 4) is 0 Å². The molecule has 0 saturated heterocycles. The Morgan fingerprint density at radius 3 is 2.45 bits per heavy atom. The summed E-state index contributed by atoms with van der Waals surface area (Å²) in [7, 11) is 3.22. The van der Waals surface area contributed by atoms with Crippen LogP contribution in [0.25, 0.3) is 0 Å². The number of esters is 1. The van der Waals surface area contributed by atoms with E-state index in [2.05, 4.69) is 17.1 Å². The molecule has 1 atom stereocenters. The highest BCUT2D eigenvalue weighted by Gasteiger charge is 2.53. The van der Waals surface area contributed by atoms with Crippen LogP contribution in [0.1, 0.15) is 32.6 Å². The summed E-state index contributed by atoms with van der Waals surface area (Å²) in [6.07, 6.45) is 4.70. The molecule has 2 fully saturated rings. The van der Waals surface area contributed by atoms with Crippen LogP contribution in [-0.2, 0) is 14.3 Å². The van der Waals surface area contributed by atoms with E-state index >= 15 is 0 Å². The Hall–Kier alpha value is -0.650. The van der Waals surface area contributed by atoms with Gasteiger partial charge in [0.05, 0.1) is 13.7 Å². The zero-order valence-corrected chi connectivity index (χ0v) is 13.0. The van der Waals surface area contributed by atoms with Crippen LogP contribution < -0.4 is 5.32 Å². The molecular formula is C15H28N2O3. The zero-order valence-electron chi connectivity index (χ0n) is 13.0. The van der Waals surface area contributed by atoms with E-state index in [1.165, 1.54) is 20.0 Å². The molecule has 0 heterocycles. The lowest BCUT2D eigenvalue weighted by atomic mass is 9.92. The van der Waals surface area contributed by atoms with Gasteiger partial charge >= 0.3 is 5.97 Å². The fraction of sp³-hybridized carbons (Fsp3) is 0.933. The number of nitrogens with one attached hydrogen (secondary N) is 1. The van der Waals surface area contributed by atoms with E-state index in [0.29, 0.717) is 18.6 Å². The average molecular weight is 284 g/mol. The molecule has 0 amide bonds. The number of rotatable bonds is 10. The van der Waals surface area contributed by atoms with Gasteiger partial charge in [0.15, 0.2) is 0 Å². The van der Waals surface area contributed by atoms with Crippen molar-refractivity contribution < 1.29 is 14.3 Å². The fourth-order valence-corrected chi connectivity index (χ4v) is 3.07. The largest absolute Gasteiger partial charge is 0.468 e. The molecule has 2 aliphatic rings. The van der Waals surface area contributed by atoms with Crippen molar-refractivity contribution >= 4 is 5.97 Å². The summed E-state index contributed by atoms with van der Waals surface area (Å²) in [4.78, 5) is 14.8. The highest BCUT2D eigenvalue weighted by molar-refractivity contribution is 5.82. The maximum Gasteiger partial charge on any atom is 0.327 e. The van der Waals surface area contributed by atoms with Gasteiger partial charge in [0.25, 0.3) is 0 Å². The van der Waals surface area contributed by atoms with Gasteiger partial charge in [-0.2, -0.15) is 0 Å². The molecule has 116 valence electrons. The van der Waals surface area contributed by atoms with Gasteiger partial charge in [-0.05, 0) is 38.1 Å². The Balaban J connectivity index is 2.09. The van der Waals surface area contributed by atoms with Crippen molar-refractivity contribution in [1.29, 1.82) is 0 Å². The monoisotopic (exact) mass is 284 g/mol. The molecule has 2 saturated carbocycles. The molecule has 0 aliphatic heterocycles. The van der Waals surface area contributed by atoms with Crippen LogP contribution in [-0.4, -0.2) is 62.9 Å². The predicted octanol–water partition coefficient (Wildman–Crippen LogP) is 1.03. The summed E-state index contributed by atoms with van der Waals surface area (Å²) in [5, 5.41) is 3.44. The number of hydrogen-bond donors (Lipinski definition) is 1. The molecule has 0 spiro atoms. The zero-order chi connectivity index (χ0) is 14.6. The molecule has 0 aromatic heterocycles. The van der Waals surface area contributed by atoms with Crippen LogP contribution in [0, 0.1) is 5.92 Å². The molecule has 20 heavy (non-hydrogen) atoms. The number of methoxy groups -OCH3 is 2. The minimum atomic E-state index is -0.528. The van der Waals surface area contributed by atoms with Crippen molar-refractivity contribution in [1.82, 2.24) is 10.2 Å². The van der Waals surface area contributed by atoms with E-state index in [4.69, 9.17) is 9.47 Å². The number of carbonyl (C=O) groups excluding carboxylic acids is 1. The predicted molar refractivity (Wildman–Crippen MR) is 77.6 cm³/mol. The van der Waals surface area contributed by atoms with Gasteiger partial charge in [-0.25, -0.2) is 4.79 Å². The van der Waals surface area contributed by atoms with E-state index in [1.54, 1.807) is 7.11 Å². The molecular weight excluding hydrogens is 256 g/mol. The van der Waals surface area contributed by atoms with Crippen LogP contribution in [0.4, 0.5) is 0 Å². The first-order chi connectivity index (χ1) is 9.67. The molecule has 0 aromatic carbocycles. The van der Waals surface area contributed by atoms with Crippen LogP contribution in [0.15, 0.2) is 0 Å². The number of likely N-dealkylation sites (N-methyl/N-ethyl adjacent to an activating group) is 1. The minimum absolute atomic E-state index is 0.107. The standard InChI is InChI=1S/C15H28N2O3/c1-4-16-15(12-5-6-12,14(18)20-3)11-17(9-10-19-2)13-7-8-13/h12-13,16H,4-11H2,1-3H3. The van der Waals surface area contributed by atoms with Gasteiger partial charge in [-0.15, -0.1) is 0 Å². The summed E-state index contributed by atoms with van der Waals surface area (Å²) in [6, 6.07) is 0.617. The molecule has 2 aliphatic carbocycles. The first-order valence-electron chi connectivity index (χ1n) is 7.74. The van der Waals surface area contributed by atoms with E-state index in [-0.39, 0.29) is 5.97 Å². The summed E-state index contributed by atoms with van der Waals surface area (Å²) in [5.41, 5.74) is -0.528. The molecule has 0 aromatic rings. The molecule has 1 unspecified atom stereocenters. The Morgan fingerprint density at radius 1 is 1.30 bits per heavy atom. The third-order valence-corrected chi connectivity index (χ3v) is 4.41. The Morgan fingerprint density at radius 2 is 2.00 bits per heavy atom. The molecule has 5 heteroatoms. The van der Waals surface area contributed by atoms with E-state index < -0.39 is 5.54 Å². The summed E-state index contributed by atoms with van der Waals surface area (Å²) < 4.78 is 10.3. The minimum Gasteiger partial charge on any atom is -0.468 e. The normalized spacial score (nSPS) is 21.8. The van der Waals surface area contributed by atoms with E-state index in [1.807, 2.05) is 0 Å². The van der Waals surface area contributed by atoms with E-state index in [0.717, 1.165) is 32.5 Å². The lowest BCUT2D eigenvalue weighted by Crippen LogP contribution is -2.61. The molecule has 1 N–H and O–H groups in total. The second kappa shape index (κ2) is 6.87. The van der Waals surface area contributed by atoms with Crippen LogP contribution >= 0.6 is 0 Å². The third kappa shape index (κ3) is 3.51. The van der Waals surface area contributed by atoms with Gasteiger partial charge in [0, 0.05) is 26.2 Å². The van der Waals surface area contributed by atoms with Crippen LogP contribution in [0.3, 0.4) is 0 Å². The number of nitrogens with zero attached hydrogens (tertiary/aromatic N) is 1. The number of carbonyl (C=O) groups is 1. The van der Waals surface area contributed by atoms with Gasteiger partial charge in [0.2, 0.25) is 0 Å². The van der Waals surface area contributed by atoms with Crippen molar-refractivity contribution in [2.45, 2.75) is 44.2 Å². The van der Waals surface area contributed by atoms with Gasteiger partial charge < -0.3 is 14.8 Å². The Labute approximate surface area is 122 Å². The van der Waals surface area contributed by atoms with Crippen molar-refractivity contribution in [2.75, 3.05) is 40.5 Å². The first kappa shape index (κ1) is 15.7. The van der Waals surface area contributed by atoms with Crippen molar-refractivity contribution in [3.63, 3.8) is 0 Å². The smallest absolute Gasteiger partial charge is 0.327 e. The number of hydrogen-bond acceptors (Lipinski definition) is 5. The lowest BCUT2D eigenvalue weighted by molar-refractivity contribution is -0.151. The number of ether oxygens (including phenoxy) is 2. The van der Waals surface area contributed by atoms with Crippen molar-refractivity contribution in [2.24, 2.45) is 5.92 Å². The highest BCUT2D eigenvalue weighted by Crippen LogP contribution is 2.42. The first-order valence-corrected chi connectivity index (χ1v) is 7.74. The van der Waals surface area contributed by atoms with Crippen molar-refractivity contribution in [3.05, 3.63) is 0 Å². The molecule has 2 rings (SSSR count).